The van der Waals surface area contributed by atoms with Crippen molar-refractivity contribution in [2.45, 2.75) is 31.0 Å². The Bertz CT molecular complexity index is 1140. The highest BCUT2D eigenvalue weighted by atomic mass is 32.2. The Hall–Kier alpha value is -2.85. The number of hydrogen-bond acceptors (Lipinski definition) is 4. The lowest BCUT2D eigenvalue weighted by atomic mass is 10.1. The summed E-state index contributed by atoms with van der Waals surface area (Å²) in [5.74, 6) is 0.528. The zero-order valence-electron chi connectivity index (χ0n) is 16.4. The summed E-state index contributed by atoms with van der Waals surface area (Å²) in [6.07, 6.45) is -3.03. The van der Waals surface area contributed by atoms with Crippen LogP contribution in [-0.4, -0.2) is 25.3 Å². The van der Waals surface area contributed by atoms with E-state index in [-0.39, 0.29) is 10.6 Å². The Kier molecular flexibility index (Phi) is 5.91. The fourth-order valence-electron chi connectivity index (χ4n) is 3.04. The van der Waals surface area contributed by atoms with Crippen molar-refractivity contribution in [3.8, 4) is 11.4 Å². The number of ether oxygens (including phenoxy) is 1. The fraction of sp³-hybridized carbons (Fsp3) is 0.250. The fourth-order valence-corrected chi connectivity index (χ4v) is 4.26. The molecule has 10 heteroatoms. The van der Waals surface area contributed by atoms with E-state index >= 15 is 0 Å². The zero-order chi connectivity index (χ0) is 22.1. The van der Waals surface area contributed by atoms with E-state index in [0.717, 1.165) is 12.1 Å². The molecule has 160 valence electrons. The number of benzene rings is 2. The van der Waals surface area contributed by atoms with Crippen LogP contribution in [0, 0.1) is 6.92 Å². The lowest BCUT2D eigenvalue weighted by molar-refractivity contribution is -0.137. The summed E-state index contributed by atoms with van der Waals surface area (Å²) in [6.45, 7) is 3.31. The van der Waals surface area contributed by atoms with E-state index in [9.17, 15) is 21.6 Å². The van der Waals surface area contributed by atoms with Gasteiger partial charge in [-0.05, 0) is 56.3 Å². The summed E-state index contributed by atoms with van der Waals surface area (Å²) in [5.41, 5.74) is 0.521. The molecule has 2 aromatic carbocycles. The van der Waals surface area contributed by atoms with Crippen molar-refractivity contribution in [1.82, 2.24) is 14.5 Å². The highest BCUT2D eigenvalue weighted by Crippen LogP contribution is 2.31. The van der Waals surface area contributed by atoms with Gasteiger partial charge in [0.25, 0.3) is 0 Å². The minimum atomic E-state index is -4.47. The van der Waals surface area contributed by atoms with Crippen LogP contribution in [0.15, 0.2) is 59.6 Å². The van der Waals surface area contributed by atoms with Crippen molar-refractivity contribution in [3.63, 3.8) is 0 Å². The molecule has 3 aromatic rings. The molecule has 3 rings (SSSR count). The number of aromatic nitrogens is 2. The largest absolute Gasteiger partial charge is 0.497 e. The second-order valence-corrected chi connectivity index (χ2v) is 8.38. The number of alkyl halides is 3. The van der Waals surface area contributed by atoms with Crippen molar-refractivity contribution in [2.24, 2.45) is 0 Å². The lowest BCUT2D eigenvalue weighted by Crippen LogP contribution is -2.27. The van der Waals surface area contributed by atoms with Crippen LogP contribution in [0.4, 0.5) is 13.2 Å². The molecule has 0 aliphatic carbocycles. The number of hydrogen-bond donors (Lipinski definition) is 1. The number of methoxy groups -OCH3 is 1. The maximum Gasteiger partial charge on any atom is 0.416 e. The van der Waals surface area contributed by atoms with Gasteiger partial charge in [-0.1, -0.05) is 6.07 Å². The van der Waals surface area contributed by atoms with E-state index in [1.807, 2.05) is 0 Å². The average molecular weight is 439 g/mol. The molecule has 0 fully saturated rings. The molecule has 6 nitrogen and oxygen atoms in total. The summed E-state index contributed by atoms with van der Waals surface area (Å²) < 4.78 is 73.2. The Labute approximate surface area is 172 Å². The molecule has 0 saturated carbocycles. The topological polar surface area (TPSA) is 73.2 Å². The first-order chi connectivity index (χ1) is 14.0. The predicted molar refractivity (Wildman–Crippen MR) is 105 cm³/mol. The smallest absolute Gasteiger partial charge is 0.416 e. The van der Waals surface area contributed by atoms with E-state index in [1.165, 1.54) is 54.4 Å². The monoisotopic (exact) mass is 439 g/mol. The SMILES string of the molecule is COc1ccc(S(=O)(=O)NC(C)c2cnn(-c3cccc(C(F)(F)F)c3)c2C)cc1. The van der Waals surface area contributed by atoms with Crippen LogP contribution in [0.1, 0.15) is 29.8 Å². The van der Waals surface area contributed by atoms with Gasteiger partial charge in [0.15, 0.2) is 0 Å². The first kappa shape index (κ1) is 21.8. The van der Waals surface area contributed by atoms with Gasteiger partial charge in [-0.3, -0.25) is 0 Å². The van der Waals surface area contributed by atoms with Gasteiger partial charge in [0.2, 0.25) is 10.0 Å². The second-order valence-electron chi connectivity index (χ2n) is 6.66. The minimum absolute atomic E-state index is 0.0677. The van der Waals surface area contributed by atoms with Gasteiger partial charge in [-0.15, -0.1) is 0 Å². The van der Waals surface area contributed by atoms with E-state index in [4.69, 9.17) is 4.74 Å². The van der Waals surface area contributed by atoms with Crippen LogP contribution in [0.25, 0.3) is 5.69 Å². The third-order valence-corrected chi connectivity index (χ3v) is 6.19. The molecule has 0 aliphatic heterocycles. The highest BCUT2D eigenvalue weighted by Gasteiger charge is 2.31. The molecule has 0 amide bonds. The maximum absolute atomic E-state index is 13.0. The van der Waals surface area contributed by atoms with Crippen molar-refractivity contribution >= 4 is 10.0 Å². The number of halogens is 3. The highest BCUT2D eigenvalue weighted by molar-refractivity contribution is 7.89. The van der Waals surface area contributed by atoms with Crippen molar-refractivity contribution in [2.75, 3.05) is 7.11 Å². The second kappa shape index (κ2) is 8.11. The average Bonchev–Trinajstić information content (AvgIpc) is 3.08. The van der Waals surface area contributed by atoms with Crippen LogP contribution in [-0.2, 0) is 16.2 Å². The maximum atomic E-state index is 13.0. The summed E-state index contributed by atoms with van der Waals surface area (Å²) in [4.78, 5) is 0.0677. The molecule has 0 saturated heterocycles. The van der Waals surface area contributed by atoms with E-state index in [1.54, 1.807) is 13.8 Å². The molecule has 1 unspecified atom stereocenters. The molecule has 0 aliphatic rings. The van der Waals surface area contributed by atoms with Crippen molar-refractivity contribution < 1.29 is 26.3 Å². The van der Waals surface area contributed by atoms with Crippen LogP contribution in [0.2, 0.25) is 0 Å². The van der Waals surface area contributed by atoms with Gasteiger partial charge in [-0.25, -0.2) is 17.8 Å². The minimum Gasteiger partial charge on any atom is -0.497 e. The third kappa shape index (κ3) is 4.49. The van der Waals surface area contributed by atoms with Gasteiger partial charge in [-0.2, -0.15) is 18.3 Å². The predicted octanol–water partition coefficient (Wildman–Crippen LogP) is 4.25. The normalized spacial score (nSPS) is 13.3. The number of sulfonamides is 1. The Balaban J connectivity index is 1.86. The van der Waals surface area contributed by atoms with E-state index in [2.05, 4.69) is 9.82 Å². The van der Waals surface area contributed by atoms with Gasteiger partial charge >= 0.3 is 6.18 Å². The van der Waals surface area contributed by atoms with Crippen molar-refractivity contribution in [3.05, 3.63) is 71.5 Å². The molecule has 30 heavy (non-hydrogen) atoms. The first-order valence-corrected chi connectivity index (χ1v) is 10.4. The van der Waals surface area contributed by atoms with Crippen LogP contribution < -0.4 is 9.46 Å². The van der Waals surface area contributed by atoms with Gasteiger partial charge in [0, 0.05) is 17.3 Å². The first-order valence-electron chi connectivity index (χ1n) is 8.91. The molecule has 1 atom stereocenters. The van der Waals surface area contributed by atoms with Crippen molar-refractivity contribution in [1.29, 1.82) is 0 Å². The summed E-state index contributed by atoms with van der Waals surface area (Å²) in [6, 6.07) is 10.0. The summed E-state index contributed by atoms with van der Waals surface area (Å²) in [5, 5.41) is 4.15. The summed E-state index contributed by atoms with van der Waals surface area (Å²) >= 11 is 0. The van der Waals surface area contributed by atoms with Gasteiger partial charge in [0.05, 0.1) is 29.5 Å². The zero-order valence-corrected chi connectivity index (χ0v) is 17.3. The molecule has 0 bridgehead atoms. The number of rotatable bonds is 6. The van der Waals surface area contributed by atoms with Crippen LogP contribution >= 0.6 is 0 Å². The molecular weight excluding hydrogens is 419 g/mol. The number of nitrogens with one attached hydrogen (secondary N) is 1. The van der Waals surface area contributed by atoms with Crippen LogP contribution in [0.5, 0.6) is 5.75 Å². The molecule has 0 radical (unpaired) electrons. The molecule has 0 spiro atoms. The Morgan fingerprint density at radius 2 is 1.80 bits per heavy atom. The van der Waals surface area contributed by atoms with Crippen LogP contribution in [0.3, 0.4) is 0 Å². The number of nitrogens with zero attached hydrogens (tertiary/aromatic N) is 2. The Morgan fingerprint density at radius 1 is 1.13 bits per heavy atom. The Morgan fingerprint density at radius 3 is 2.40 bits per heavy atom. The van der Waals surface area contributed by atoms with Gasteiger partial charge in [0.1, 0.15) is 5.75 Å². The third-order valence-electron chi connectivity index (χ3n) is 4.63. The van der Waals surface area contributed by atoms with Gasteiger partial charge < -0.3 is 4.74 Å². The summed E-state index contributed by atoms with van der Waals surface area (Å²) in [7, 11) is -2.34. The standard InChI is InChI=1S/C20H20F3N3O3S/c1-13(25-30(27,28)18-9-7-17(29-3)8-10-18)19-12-24-26(14(19)2)16-6-4-5-15(11-16)20(21,22)23/h4-13,25H,1-3H3. The van der Waals surface area contributed by atoms with E-state index < -0.39 is 27.8 Å². The molecular formula is C20H20F3N3O3S. The quantitative estimate of drug-likeness (QED) is 0.623. The van der Waals surface area contributed by atoms with E-state index in [0.29, 0.717) is 17.0 Å². The lowest BCUT2D eigenvalue weighted by Gasteiger charge is -2.15. The molecule has 1 aromatic heterocycles. The molecule has 1 N–H and O–H groups in total. The molecule has 1 heterocycles.